The lowest BCUT2D eigenvalue weighted by molar-refractivity contribution is -0.130. The Morgan fingerprint density at radius 1 is 1.28 bits per heavy atom. The molecule has 0 bridgehead atoms. The molecule has 0 radical (unpaired) electrons. The van der Waals surface area contributed by atoms with E-state index >= 15 is 0 Å². The maximum Gasteiger partial charge on any atom is 0.257 e. The number of amides is 2. The van der Waals surface area contributed by atoms with Crippen LogP contribution in [-0.2, 0) is 9.53 Å². The largest absolute Gasteiger partial charge is 0.381 e. The highest BCUT2D eigenvalue weighted by atomic mass is 19.1. The number of aromatic nitrogens is 1. The van der Waals surface area contributed by atoms with Gasteiger partial charge in [-0.3, -0.25) is 14.6 Å². The molecule has 3 aliphatic rings. The van der Waals surface area contributed by atoms with E-state index in [1.54, 1.807) is 4.90 Å². The second kappa shape index (κ2) is 6.71. The Bertz CT molecular complexity index is 677. The molecule has 3 fully saturated rings. The van der Waals surface area contributed by atoms with E-state index in [-0.39, 0.29) is 29.5 Å². The van der Waals surface area contributed by atoms with E-state index in [2.05, 4.69) is 4.98 Å². The van der Waals surface area contributed by atoms with Gasteiger partial charge in [0.15, 0.2) is 5.82 Å². The first-order valence-electron chi connectivity index (χ1n) is 8.93. The van der Waals surface area contributed by atoms with Crippen LogP contribution in [0, 0.1) is 11.7 Å². The number of hydrogen-bond acceptors (Lipinski definition) is 4. The van der Waals surface area contributed by atoms with Gasteiger partial charge in [0.05, 0.1) is 23.8 Å². The van der Waals surface area contributed by atoms with Gasteiger partial charge < -0.3 is 14.5 Å². The van der Waals surface area contributed by atoms with Gasteiger partial charge in [-0.25, -0.2) is 4.39 Å². The van der Waals surface area contributed by atoms with Gasteiger partial charge in [0.2, 0.25) is 5.91 Å². The number of hydrogen-bond donors (Lipinski definition) is 0. The summed E-state index contributed by atoms with van der Waals surface area (Å²) in [5, 5.41) is 0. The second-order valence-electron chi connectivity index (χ2n) is 7.08. The molecule has 3 aliphatic heterocycles. The van der Waals surface area contributed by atoms with Crippen molar-refractivity contribution in [3.05, 3.63) is 29.8 Å². The van der Waals surface area contributed by atoms with Gasteiger partial charge in [0.25, 0.3) is 5.91 Å². The molecular formula is C18H22FN3O3. The fraction of sp³-hybridized carbons (Fsp3) is 0.611. The summed E-state index contributed by atoms with van der Waals surface area (Å²) < 4.78 is 19.3. The number of nitrogens with zero attached hydrogens (tertiary/aromatic N) is 3. The highest BCUT2D eigenvalue weighted by molar-refractivity contribution is 5.95. The molecule has 2 amide bonds. The van der Waals surface area contributed by atoms with E-state index in [1.165, 1.54) is 12.3 Å². The molecule has 0 spiro atoms. The molecule has 7 heteroatoms. The van der Waals surface area contributed by atoms with Crippen molar-refractivity contribution in [3.8, 4) is 0 Å². The predicted octanol–water partition coefficient (Wildman–Crippen LogP) is 1.46. The van der Waals surface area contributed by atoms with Crippen molar-refractivity contribution in [2.45, 2.75) is 37.8 Å². The number of ether oxygens (including phenoxy) is 1. The first-order valence-corrected chi connectivity index (χ1v) is 8.93. The quantitative estimate of drug-likeness (QED) is 0.831. The summed E-state index contributed by atoms with van der Waals surface area (Å²) in [4.78, 5) is 32.5. The standard InChI is InChI=1S/C18H22FN3O3/c19-14-10-20-5-1-13(14)18(24)21-6-2-15-16(21)9-17(23)22(15)11-12-3-7-25-8-4-12/h1,5,10,12,15-16H,2-4,6-9,11H2/t15-,16+/m0/s1. The van der Waals surface area contributed by atoms with Crippen LogP contribution < -0.4 is 0 Å². The normalized spacial score (nSPS) is 27.0. The van der Waals surface area contributed by atoms with E-state index < -0.39 is 5.82 Å². The molecule has 3 saturated heterocycles. The van der Waals surface area contributed by atoms with Crippen LogP contribution in [-0.4, -0.2) is 65.0 Å². The molecule has 4 rings (SSSR count). The van der Waals surface area contributed by atoms with Crippen LogP contribution in [0.3, 0.4) is 0 Å². The van der Waals surface area contributed by atoms with Crippen molar-refractivity contribution in [2.24, 2.45) is 5.92 Å². The van der Waals surface area contributed by atoms with Crippen LogP contribution in [0.25, 0.3) is 0 Å². The Kier molecular flexibility index (Phi) is 4.41. The molecule has 2 atom stereocenters. The van der Waals surface area contributed by atoms with Gasteiger partial charge in [-0.15, -0.1) is 0 Å². The molecule has 1 aromatic heterocycles. The summed E-state index contributed by atoms with van der Waals surface area (Å²) in [6.07, 6.45) is 5.53. The van der Waals surface area contributed by atoms with Gasteiger partial charge >= 0.3 is 0 Å². The maximum atomic E-state index is 13.9. The molecular weight excluding hydrogens is 325 g/mol. The lowest BCUT2D eigenvalue weighted by atomic mass is 9.99. The maximum absolute atomic E-state index is 13.9. The fourth-order valence-electron chi connectivity index (χ4n) is 4.33. The van der Waals surface area contributed by atoms with Crippen molar-refractivity contribution in [1.82, 2.24) is 14.8 Å². The molecule has 0 unspecified atom stereocenters. The number of carbonyl (C=O) groups excluding carboxylic acids is 2. The van der Waals surface area contributed by atoms with Crippen LogP contribution in [0.5, 0.6) is 0 Å². The number of carbonyl (C=O) groups is 2. The zero-order valence-electron chi connectivity index (χ0n) is 14.1. The van der Waals surface area contributed by atoms with Crippen molar-refractivity contribution >= 4 is 11.8 Å². The lowest BCUT2D eigenvalue weighted by Gasteiger charge is -2.30. The third-order valence-electron chi connectivity index (χ3n) is 5.67. The summed E-state index contributed by atoms with van der Waals surface area (Å²) in [5.41, 5.74) is 0.0333. The van der Waals surface area contributed by atoms with Gasteiger partial charge in [-0.2, -0.15) is 0 Å². The fourth-order valence-corrected chi connectivity index (χ4v) is 4.33. The Morgan fingerprint density at radius 3 is 2.84 bits per heavy atom. The second-order valence-corrected chi connectivity index (χ2v) is 7.08. The number of rotatable bonds is 3. The van der Waals surface area contributed by atoms with Gasteiger partial charge in [0.1, 0.15) is 0 Å². The molecule has 0 saturated carbocycles. The van der Waals surface area contributed by atoms with Crippen LogP contribution in [0.2, 0.25) is 0 Å². The van der Waals surface area contributed by atoms with Crippen molar-refractivity contribution < 1.29 is 18.7 Å². The van der Waals surface area contributed by atoms with Crippen LogP contribution >= 0.6 is 0 Å². The first kappa shape index (κ1) is 16.4. The van der Waals surface area contributed by atoms with E-state index in [9.17, 15) is 14.0 Å². The molecule has 0 aliphatic carbocycles. The average Bonchev–Trinajstić information content (AvgIpc) is 3.16. The summed E-state index contributed by atoms with van der Waals surface area (Å²) in [7, 11) is 0. The van der Waals surface area contributed by atoms with E-state index in [1.807, 2.05) is 4.90 Å². The van der Waals surface area contributed by atoms with Crippen LogP contribution in [0.15, 0.2) is 18.5 Å². The van der Waals surface area contributed by atoms with Crippen molar-refractivity contribution in [2.75, 3.05) is 26.3 Å². The molecule has 0 N–H and O–H groups in total. The predicted molar refractivity (Wildman–Crippen MR) is 87.3 cm³/mol. The highest BCUT2D eigenvalue weighted by Gasteiger charge is 2.48. The summed E-state index contributed by atoms with van der Waals surface area (Å²) in [6.45, 7) is 2.82. The van der Waals surface area contributed by atoms with Gasteiger partial charge in [-0.05, 0) is 31.2 Å². The molecule has 134 valence electrons. The van der Waals surface area contributed by atoms with Gasteiger partial charge in [-0.1, -0.05) is 0 Å². The number of likely N-dealkylation sites (tertiary alicyclic amines) is 2. The molecule has 6 nitrogen and oxygen atoms in total. The monoisotopic (exact) mass is 347 g/mol. The van der Waals surface area contributed by atoms with Crippen LogP contribution in [0.1, 0.15) is 36.0 Å². The van der Waals surface area contributed by atoms with Crippen LogP contribution in [0.4, 0.5) is 4.39 Å². The summed E-state index contributed by atoms with van der Waals surface area (Å²) in [6, 6.07) is 1.32. The molecule has 1 aromatic rings. The number of halogens is 1. The Balaban J connectivity index is 1.48. The first-order chi connectivity index (χ1) is 12.1. The van der Waals surface area contributed by atoms with E-state index in [0.29, 0.717) is 18.9 Å². The van der Waals surface area contributed by atoms with E-state index in [0.717, 1.165) is 45.2 Å². The Morgan fingerprint density at radius 2 is 2.08 bits per heavy atom. The third kappa shape index (κ3) is 3.01. The minimum atomic E-state index is -0.612. The zero-order chi connectivity index (χ0) is 17.4. The lowest BCUT2D eigenvalue weighted by Crippen LogP contribution is -2.42. The average molecular weight is 347 g/mol. The summed E-state index contributed by atoms with van der Waals surface area (Å²) in [5.74, 6) is -0.375. The van der Waals surface area contributed by atoms with Crippen molar-refractivity contribution in [3.63, 3.8) is 0 Å². The summed E-state index contributed by atoms with van der Waals surface area (Å²) >= 11 is 0. The Labute approximate surface area is 145 Å². The number of pyridine rings is 1. The van der Waals surface area contributed by atoms with Gasteiger partial charge in [0, 0.05) is 38.9 Å². The third-order valence-corrected chi connectivity index (χ3v) is 5.67. The SMILES string of the molecule is O=C(c1ccncc1F)N1CC[C@H]2[C@H]1CC(=O)N2CC1CCOCC1. The molecule has 25 heavy (non-hydrogen) atoms. The highest BCUT2D eigenvalue weighted by Crippen LogP contribution is 2.35. The minimum Gasteiger partial charge on any atom is -0.381 e. The minimum absolute atomic E-state index is 0.0333. The van der Waals surface area contributed by atoms with Crippen molar-refractivity contribution in [1.29, 1.82) is 0 Å². The van der Waals surface area contributed by atoms with E-state index in [4.69, 9.17) is 4.74 Å². The smallest absolute Gasteiger partial charge is 0.257 e. The topological polar surface area (TPSA) is 62.7 Å². The zero-order valence-corrected chi connectivity index (χ0v) is 14.1. The number of fused-ring (bicyclic) bond motifs is 1. The molecule has 4 heterocycles. The molecule has 0 aromatic carbocycles. The Hall–Kier alpha value is -2.02.